The molecule has 0 amide bonds. The van der Waals surface area contributed by atoms with Crippen molar-refractivity contribution >= 4 is 5.97 Å². The van der Waals surface area contributed by atoms with Crippen LogP contribution in [-0.4, -0.2) is 12.6 Å². The van der Waals surface area contributed by atoms with Crippen LogP contribution in [0.2, 0.25) is 0 Å². The van der Waals surface area contributed by atoms with E-state index in [9.17, 15) is 4.79 Å². The molecule has 0 spiro atoms. The zero-order valence-electron chi connectivity index (χ0n) is 8.82. The van der Waals surface area contributed by atoms with Crippen molar-refractivity contribution in [3.05, 3.63) is 53.8 Å². The molecule has 0 N–H and O–H groups in total. The maximum Gasteiger partial charge on any atom is 0.338 e. The van der Waals surface area contributed by atoms with Gasteiger partial charge >= 0.3 is 5.97 Å². The number of rotatable bonds is 4. The van der Waals surface area contributed by atoms with Gasteiger partial charge in [0, 0.05) is 5.57 Å². The van der Waals surface area contributed by atoms with Gasteiger partial charge in [0.25, 0.3) is 0 Å². The van der Waals surface area contributed by atoms with Crippen molar-refractivity contribution in [2.75, 3.05) is 6.61 Å². The molecule has 1 rings (SSSR count). The minimum atomic E-state index is -0.309. The minimum Gasteiger partial charge on any atom is -0.457 e. The van der Waals surface area contributed by atoms with Gasteiger partial charge in [0.1, 0.15) is 6.61 Å². The van der Waals surface area contributed by atoms with E-state index in [1.165, 1.54) is 0 Å². The van der Waals surface area contributed by atoms with Gasteiger partial charge in [0.05, 0.1) is 5.56 Å². The Labute approximate surface area is 89.9 Å². The maximum atomic E-state index is 11.5. The van der Waals surface area contributed by atoms with Crippen molar-refractivity contribution in [3.63, 3.8) is 0 Å². The molecule has 0 aliphatic heterocycles. The molecule has 0 aliphatic carbocycles. The molecule has 78 valence electrons. The summed E-state index contributed by atoms with van der Waals surface area (Å²) in [5, 5.41) is 0. The van der Waals surface area contributed by atoms with Crippen LogP contribution >= 0.6 is 0 Å². The number of hydrogen-bond acceptors (Lipinski definition) is 2. The molecule has 0 heterocycles. The van der Waals surface area contributed by atoms with Crippen molar-refractivity contribution in [3.8, 4) is 0 Å². The van der Waals surface area contributed by atoms with E-state index in [-0.39, 0.29) is 12.6 Å². The lowest BCUT2D eigenvalue weighted by Gasteiger charge is -2.04. The maximum absolute atomic E-state index is 11.5. The van der Waals surface area contributed by atoms with Crippen LogP contribution in [0.5, 0.6) is 0 Å². The average molecular weight is 202 g/mol. The molecule has 0 radical (unpaired) electrons. The lowest BCUT2D eigenvalue weighted by atomic mass is 10.2. The Morgan fingerprint density at radius 3 is 2.60 bits per heavy atom. The normalized spacial score (nSPS) is 9.13. The quantitative estimate of drug-likeness (QED) is 0.554. The van der Waals surface area contributed by atoms with Crippen molar-refractivity contribution in [1.82, 2.24) is 0 Å². The first-order chi connectivity index (χ1) is 7.27. The Kier molecular flexibility index (Phi) is 4.39. The number of benzene rings is 1. The van der Waals surface area contributed by atoms with E-state index in [4.69, 9.17) is 4.74 Å². The molecule has 0 aromatic heterocycles. The third-order valence-corrected chi connectivity index (χ3v) is 2.06. The standard InChI is InChI=1S/C13H14O2/c1-3-11(4-2)10-15-13(14)12-8-6-5-7-9-12/h5-9H,1,4,10H2,2H3. The molecular weight excluding hydrogens is 188 g/mol. The Morgan fingerprint density at radius 1 is 1.40 bits per heavy atom. The highest BCUT2D eigenvalue weighted by Crippen LogP contribution is 2.04. The summed E-state index contributed by atoms with van der Waals surface area (Å²) in [6.07, 6.45) is 0.797. The van der Waals surface area contributed by atoms with Gasteiger partial charge in [-0.1, -0.05) is 31.7 Å². The molecular formula is C13H14O2. The molecule has 1 aromatic carbocycles. The molecule has 1 aromatic rings. The summed E-state index contributed by atoms with van der Waals surface area (Å²) in [4.78, 5) is 11.5. The van der Waals surface area contributed by atoms with Gasteiger partial charge in [-0.15, -0.1) is 5.73 Å². The monoisotopic (exact) mass is 202 g/mol. The number of carbonyl (C=O) groups excluding carboxylic acids is 1. The third-order valence-electron chi connectivity index (χ3n) is 2.06. The smallest absolute Gasteiger partial charge is 0.338 e. The van der Waals surface area contributed by atoms with Gasteiger partial charge in [-0.3, -0.25) is 0 Å². The summed E-state index contributed by atoms with van der Waals surface area (Å²) < 4.78 is 5.09. The van der Waals surface area contributed by atoms with E-state index in [1.807, 2.05) is 13.0 Å². The van der Waals surface area contributed by atoms with E-state index in [2.05, 4.69) is 12.3 Å². The molecule has 0 unspecified atom stereocenters. The SMILES string of the molecule is C=C=C(CC)COC(=O)c1ccccc1. The molecule has 2 heteroatoms. The second-order valence-electron chi connectivity index (χ2n) is 3.08. The van der Waals surface area contributed by atoms with E-state index < -0.39 is 0 Å². The summed E-state index contributed by atoms with van der Waals surface area (Å²) in [5.74, 6) is -0.309. The zero-order chi connectivity index (χ0) is 11.1. The van der Waals surface area contributed by atoms with Crippen molar-refractivity contribution in [1.29, 1.82) is 0 Å². The van der Waals surface area contributed by atoms with Gasteiger partial charge in [0.15, 0.2) is 0 Å². The summed E-state index contributed by atoms with van der Waals surface area (Å²) >= 11 is 0. The molecule has 0 fully saturated rings. The van der Waals surface area contributed by atoms with Crippen molar-refractivity contribution < 1.29 is 9.53 Å². The van der Waals surface area contributed by atoms with Crippen molar-refractivity contribution in [2.45, 2.75) is 13.3 Å². The van der Waals surface area contributed by atoms with Crippen LogP contribution in [0, 0.1) is 0 Å². The topological polar surface area (TPSA) is 26.3 Å². The zero-order valence-corrected chi connectivity index (χ0v) is 8.82. The first kappa shape index (κ1) is 11.3. The van der Waals surface area contributed by atoms with E-state index in [0.29, 0.717) is 5.56 Å². The number of hydrogen-bond donors (Lipinski definition) is 0. The largest absolute Gasteiger partial charge is 0.457 e. The van der Waals surface area contributed by atoms with Crippen LogP contribution in [0.4, 0.5) is 0 Å². The van der Waals surface area contributed by atoms with Gasteiger partial charge in [-0.2, -0.15) is 0 Å². The Hall–Kier alpha value is -1.79. The Balaban J connectivity index is 2.54. The van der Waals surface area contributed by atoms with Crippen LogP contribution in [0.25, 0.3) is 0 Å². The summed E-state index contributed by atoms with van der Waals surface area (Å²) in [6, 6.07) is 8.93. The first-order valence-corrected chi connectivity index (χ1v) is 4.88. The fraction of sp³-hybridized carbons (Fsp3) is 0.231. The van der Waals surface area contributed by atoms with Crippen LogP contribution in [0.3, 0.4) is 0 Å². The summed E-state index contributed by atoms with van der Waals surface area (Å²) in [5.41, 5.74) is 4.22. The lowest BCUT2D eigenvalue weighted by molar-refractivity contribution is 0.0538. The highest BCUT2D eigenvalue weighted by molar-refractivity contribution is 5.89. The third kappa shape index (κ3) is 3.45. The van der Waals surface area contributed by atoms with Gasteiger partial charge in [0.2, 0.25) is 0 Å². The lowest BCUT2D eigenvalue weighted by Crippen LogP contribution is -2.07. The summed E-state index contributed by atoms with van der Waals surface area (Å²) in [7, 11) is 0. The molecule has 0 saturated carbocycles. The van der Waals surface area contributed by atoms with E-state index in [0.717, 1.165) is 12.0 Å². The van der Waals surface area contributed by atoms with Crippen molar-refractivity contribution in [2.24, 2.45) is 0 Å². The fourth-order valence-corrected chi connectivity index (χ4v) is 1.09. The Bertz CT molecular complexity index is 373. The minimum absolute atomic E-state index is 0.272. The number of ether oxygens (including phenoxy) is 1. The van der Waals surface area contributed by atoms with E-state index >= 15 is 0 Å². The molecule has 0 atom stereocenters. The first-order valence-electron chi connectivity index (χ1n) is 4.88. The Morgan fingerprint density at radius 2 is 2.07 bits per heavy atom. The van der Waals surface area contributed by atoms with Gasteiger partial charge in [-0.25, -0.2) is 4.79 Å². The van der Waals surface area contributed by atoms with Crippen LogP contribution in [-0.2, 0) is 4.74 Å². The van der Waals surface area contributed by atoms with Gasteiger partial charge < -0.3 is 4.74 Å². The van der Waals surface area contributed by atoms with Crippen LogP contribution in [0.15, 0.2) is 48.2 Å². The molecule has 0 aliphatic rings. The molecule has 0 saturated heterocycles. The average Bonchev–Trinajstić information content (AvgIpc) is 2.31. The van der Waals surface area contributed by atoms with E-state index in [1.54, 1.807) is 24.3 Å². The molecule has 2 nitrogen and oxygen atoms in total. The highest BCUT2D eigenvalue weighted by Gasteiger charge is 2.05. The predicted molar refractivity (Wildman–Crippen MR) is 59.7 cm³/mol. The fourth-order valence-electron chi connectivity index (χ4n) is 1.09. The van der Waals surface area contributed by atoms with Crippen LogP contribution in [0.1, 0.15) is 23.7 Å². The predicted octanol–water partition coefficient (Wildman–Crippen LogP) is 2.96. The van der Waals surface area contributed by atoms with Gasteiger partial charge in [-0.05, 0) is 18.6 Å². The second kappa shape index (κ2) is 5.84. The summed E-state index contributed by atoms with van der Waals surface area (Å²) in [6.45, 7) is 5.78. The second-order valence-corrected chi connectivity index (χ2v) is 3.08. The molecule has 15 heavy (non-hydrogen) atoms. The number of carbonyl (C=O) groups is 1. The highest BCUT2D eigenvalue weighted by atomic mass is 16.5. The number of esters is 1. The molecule has 0 bridgehead atoms. The van der Waals surface area contributed by atoms with Crippen LogP contribution < -0.4 is 0 Å².